The van der Waals surface area contributed by atoms with Gasteiger partial charge < -0.3 is 20.7 Å². The first-order valence-electron chi connectivity index (χ1n) is 6.93. The van der Waals surface area contributed by atoms with E-state index in [4.69, 9.17) is 10.5 Å². The molecule has 20 heavy (non-hydrogen) atoms. The Labute approximate surface area is 119 Å². The van der Waals surface area contributed by atoms with Gasteiger partial charge in [0.05, 0.1) is 12.6 Å². The summed E-state index contributed by atoms with van der Waals surface area (Å²) < 4.78 is 7.37. The minimum absolute atomic E-state index is 0.00315. The number of likely N-dealkylation sites (N-methyl/N-ethyl adjacent to an activating group) is 1. The van der Waals surface area contributed by atoms with Crippen molar-refractivity contribution in [3.8, 4) is 0 Å². The first-order valence-corrected chi connectivity index (χ1v) is 6.93. The molecule has 1 aliphatic heterocycles. The van der Waals surface area contributed by atoms with E-state index in [1.54, 1.807) is 6.07 Å². The number of aromatic nitrogens is 2. The zero-order valence-electron chi connectivity index (χ0n) is 12.1. The van der Waals surface area contributed by atoms with E-state index in [-0.39, 0.29) is 12.0 Å². The van der Waals surface area contributed by atoms with E-state index in [1.807, 2.05) is 25.0 Å². The highest BCUT2D eigenvalue weighted by molar-refractivity contribution is 5.93. The molecule has 2 heterocycles. The molecule has 0 spiro atoms. The van der Waals surface area contributed by atoms with E-state index < -0.39 is 6.10 Å². The van der Waals surface area contributed by atoms with E-state index in [1.165, 1.54) is 0 Å². The largest absolute Gasteiger partial charge is 0.364 e. The van der Waals surface area contributed by atoms with Crippen molar-refractivity contribution in [1.82, 2.24) is 14.7 Å². The Morgan fingerprint density at radius 2 is 2.40 bits per heavy atom. The van der Waals surface area contributed by atoms with Crippen molar-refractivity contribution in [2.75, 3.05) is 32.5 Å². The molecule has 7 heteroatoms. The number of hydrogen-bond donors (Lipinski definition) is 2. The van der Waals surface area contributed by atoms with Crippen LogP contribution < -0.4 is 11.1 Å². The predicted octanol–water partition coefficient (Wildman–Crippen LogP) is -0.110. The van der Waals surface area contributed by atoms with Gasteiger partial charge in [-0.2, -0.15) is 5.10 Å². The van der Waals surface area contributed by atoms with E-state index in [0.29, 0.717) is 12.4 Å². The maximum Gasteiger partial charge on any atom is 0.254 e. The standard InChI is InChI=1S/C13H23N5O2/c1-17(2)7-8-18-6-5-12(16-18)15-13(19)11-4-3-10(9-14)20-11/h5-6,10-11H,3-4,7-9,14H2,1-2H3,(H,15,16,19)/t10-,11+/m1/s1. The number of carbonyl (C=O) groups excluding carboxylic acids is 1. The van der Waals surface area contributed by atoms with Crippen molar-refractivity contribution in [1.29, 1.82) is 0 Å². The van der Waals surface area contributed by atoms with Crippen LogP contribution in [-0.2, 0) is 16.1 Å². The topological polar surface area (TPSA) is 85.4 Å². The molecule has 1 amide bonds. The summed E-state index contributed by atoms with van der Waals surface area (Å²) in [6.07, 6.45) is 3.01. The molecule has 0 aliphatic carbocycles. The molecule has 112 valence electrons. The maximum atomic E-state index is 12.0. The van der Waals surface area contributed by atoms with Gasteiger partial charge in [-0.3, -0.25) is 9.48 Å². The third kappa shape index (κ3) is 4.03. The summed E-state index contributed by atoms with van der Waals surface area (Å²) in [7, 11) is 4.02. The monoisotopic (exact) mass is 281 g/mol. The van der Waals surface area contributed by atoms with Gasteiger partial charge in [-0.05, 0) is 26.9 Å². The van der Waals surface area contributed by atoms with Crippen LogP contribution in [0.3, 0.4) is 0 Å². The first kappa shape index (κ1) is 15.0. The van der Waals surface area contributed by atoms with Gasteiger partial charge in [0.15, 0.2) is 5.82 Å². The highest BCUT2D eigenvalue weighted by Crippen LogP contribution is 2.20. The van der Waals surface area contributed by atoms with Crippen LogP contribution in [0.5, 0.6) is 0 Å². The molecule has 3 N–H and O–H groups in total. The fourth-order valence-electron chi connectivity index (χ4n) is 2.13. The number of carbonyl (C=O) groups is 1. The number of nitrogens with one attached hydrogen (secondary N) is 1. The number of amides is 1. The van der Waals surface area contributed by atoms with Crippen molar-refractivity contribution in [2.45, 2.75) is 31.6 Å². The van der Waals surface area contributed by atoms with Crippen LogP contribution >= 0.6 is 0 Å². The van der Waals surface area contributed by atoms with Crippen molar-refractivity contribution in [2.24, 2.45) is 5.73 Å². The van der Waals surface area contributed by atoms with Gasteiger partial charge in [0.1, 0.15) is 6.10 Å². The molecule has 0 saturated carbocycles. The van der Waals surface area contributed by atoms with Gasteiger partial charge in [0.2, 0.25) is 0 Å². The second-order valence-electron chi connectivity index (χ2n) is 5.32. The fraction of sp³-hybridized carbons (Fsp3) is 0.692. The molecule has 2 atom stereocenters. The van der Waals surface area contributed by atoms with Crippen molar-refractivity contribution in [3.63, 3.8) is 0 Å². The zero-order valence-corrected chi connectivity index (χ0v) is 12.1. The van der Waals surface area contributed by atoms with Crippen LogP contribution in [0.2, 0.25) is 0 Å². The predicted molar refractivity (Wildman–Crippen MR) is 76.4 cm³/mol. The summed E-state index contributed by atoms with van der Waals surface area (Å²) in [5.41, 5.74) is 5.53. The third-order valence-electron chi connectivity index (χ3n) is 3.33. The van der Waals surface area contributed by atoms with Gasteiger partial charge >= 0.3 is 0 Å². The van der Waals surface area contributed by atoms with E-state index in [9.17, 15) is 4.79 Å². The molecule has 2 rings (SSSR count). The maximum absolute atomic E-state index is 12.0. The molecule has 1 aliphatic rings. The molecule has 0 unspecified atom stereocenters. The number of hydrogen-bond acceptors (Lipinski definition) is 5. The van der Waals surface area contributed by atoms with Crippen LogP contribution in [-0.4, -0.2) is 60.0 Å². The Morgan fingerprint density at radius 3 is 3.05 bits per heavy atom. The van der Waals surface area contributed by atoms with E-state index in [2.05, 4.69) is 15.3 Å². The van der Waals surface area contributed by atoms with Gasteiger partial charge in [0.25, 0.3) is 5.91 Å². The molecule has 1 saturated heterocycles. The smallest absolute Gasteiger partial charge is 0.254 e. The average Bonchev–Trinajstić information content (AvgIpc) is 3.05. The number of nitrogens with two attached hydrogens (primary N) is 1. The lowest BCUT2D eigenvalue weighted by atomic mass is 10.2. The minimum atomic E-state index is -0.407. The lowest BCUT2D eigenvalue weighted by molar-refractivity contribution is -0.126. The summed E-state index contributed by atoms with van der Waals surface area (Å²) in [5, 5.41) is 7.10. The van der Waals surface area contributed by atoms with Gasteiger partial charge in [-0.15, -0.1) is 0 Å². The Hall–Kier alpha value is -1.44. The Bertz CT molecular complexity index is 446. The van der Waals surface area contributed by atoms with Gasteiger partial charge in [-0.25, -0.2) is 0 Å². The summed E-state index contributed by atoms with van der Waals surface area (Å²) in [6, 6.07) is 1.79. The molecule has 1 aromatic heterocycles. The van der Waals surface area contributed by atoms with E-state index >= 15 is 0 Å². The lowest BCUT2D eigenvalue weighted by Crippen LogP contribution is -2.30. The summed E-state index contributed by atoms with van der Waals surface area (Å²) >= 11 is 0. The van der Waals surface area contributed by atoms with Crippen LogP contribution in [0.25, 0.3) is 0 Å². The van der Waals surface area contributed by atoms with E-state index in [0.717, 1.165) is 25.9 Å². The van der Waals surface area contributed by atoms with Crippen molar-refractivity contribution < 1.29 is 9.53 Å². The quantitative estimate of drug-likeness (QED) is 0.760. The average molecular weight is 281 g/mol. The summed E-state index contributed by atoms with van der Waals surface area (Å²) in [6.45, 7) is 2.15. The third-order valence-corrected chi connectivity index (χ3v) is 3.33. The Balaban J connectivity index is 1.82. The second-order valence-corrected chi connectivity index (χ2v) is 5.32. The lowest BCUT2D eigenvalue weighted by Gasteiger charge is -2.11. The summed E-state index contributed by atoms with van der Waals surface area (Å²) in [4.78, 5) is 14.1. The van der Waals surface area contributed by atoms with Crippen LogP contribution in [0.4, 0.5) is 5.82 Å². The molecular formula is C13H23N5O2. The van der Waals surface area contributed by atoms with Gasteiger partial charge in [0, 0.05) is 25.4 Å². The molecule has 1 aromatic rings. The molecule has 0 radical (unpaired) electrons. The SMILES string of the molecule is CN(C)CCn1ccc(NC(=O)[C@@H]2CC[C@H](CN)O2)n1. The Morgan fingerprint density at radius 1 is 1.60 bits per heavy atom. The number of ether oxygens (including phenoxy) is 1. The highest BCUT2D eigenvalue weighted by atomic mass is 16.5. The number of anilines is 1. The van der Waals surface area contributed by atoms with Crippen LogP contribution in [0.15, 0.2) is 12.3 Å². The molecular weight excluding hydrogens is 258 g/mol. The highest BCUT2D eigenvalue weighted by Gasteiger charge is 2.30. The Kier molecular flexibility index (Phi) is 5.11. The molecule has 7 nitrogen and oxygen atoms in total. The second kappa shape index (κ2) is 6.83. The van der Waals surface area contributed by atoms with Gasteiger partial charge in [-0.1, -0.05) is 0 Å². The van der Waals surface area contributed by atoms with Crippen molar-refractivity contribution in [3.05, 3.63) is 12.3 Å². The van der Waals surface area contributed by atoms with Crippen LogP contribution in [0, 0.1) is 0 Å². The normalized spacial score (nSPS) is 22.4. The fourth-order valence-corrected chi connectivity index (χ4v) is 2.13. The molecule has 0 aromatic carbocycles. The van der Waals surface area contributed by atoms with Crippen LogP contribution in [0.1, 0.15) is 12.8 Å². The number of nitrogens with zero attached hydrogens (tertiary/aromatic N) is 3. The zero-order chi connectivity index (χ0) is 14.5. The minimum Gasteiger partial charge on any atom is -0.364 e. The summed E-state index contributed by atoms with van der Waals surface area (Å²) in [5.74, 6) is 0.423. The van der Waals surface area contributed by atoms with Crippen molar-refractivity contribution >= 4 is 11.7 Å². The molecule has 0 bridgehead atoms. The first-order chi connectivity index (χ1) is 9.58. The number of rotatable bonds is 6. The molecule has 1 fully saturated rings.